The minimum Gasteiger partial charge on any atom is -0.386 e. The number of piperidine rings is 1. The first kappa shape index (κ1) is 25.1. The molecule has 1 fully saturated rings. The number of rotatable bonds is 7. The van der Waals surface area contributed by atoms with Crippen LogP contribution in [0.25, 0.3) is 5.70 Å². The summed E-state index contributed by atoms with van der Waals surface area (Å²) in [6, 6.07) is 13.8. The standard InChI is InChI=1S/C28H32N4O2/c1-5-8-24(30-6-2)25-23(9-7-16-31-25)26(33)32-17-14-28(20-29,15-18-32)19-21-10-12-22(13-11-21)27(3,4)34/h5-13,16,34H,1,14-15,17-19H2,2-4H3/b24-8-,30-6?. The van der Waals surface area contributed by atoms with E-state index in [4.69, 9.17) is 0 Å². The van der Waals surface area contributed by atoms with Crippen LogP contribution in [0.4, 0.5) is 0 Å². The normalized spacial score (nSPS) is 16.3. The van der Waals surface area contributed by atoms with E-state index in [9.17, 15) is 15.2 Å². The zero-order chi connectivity index (χ0) is 24.8. The summed E-state index contributed by atoms with van der Waals surface area (Å²) in [5.41, 5.74) is 2.07. The Kier molecular flexibility index (Phi) is 7.80. The Morgan fingerprint density at radius 3 is 2.53 bits per heavy atom. The summed E-state index contributed by atoms with van der Waals surface area (Å²) in [5, 5.41) is 20.2. The second-order valence-corrected chi connectivity index (χ2v) is 9.19. The topological polar surface area (TPSA) is 89.6 Å². The minimum absolute atomic E-state index is 0.106. The summed E-state index contributed by atoms with van der Waals surface area (Å²) in [6.45, 7) is 10.1. The van der Waals surface area contributed by atoms with Crippen molar-refractivity contribution >= 4 is 17.8 Å². The van der Waals surface area contributed by atoms with E-state index in [0.717, 1.165) is 11.1 Å². The zero-order valence-corrected chi connectivity index (χ0v) is 20.2. The van der Waals surface area contributed by atoms with E-state index >= 15 is 0 Å². The van der Waals surface area contributed by atoms with Crippen molar-refractivity contribution in [3.8, 4) is 6.07 Å². The number of likely N-dealkylation sites (tertiary alicyclic amines) is 1. The smallest absolute Gasteiger partial charge is 0.256 e. The molecule has 3 rings (SSSR count). The highest BCUT2D eigenvalue weighted by molar-refractivity contribution is 5.98. The van der Waals surface area contributed by atoms with Crippen molar-refractivity contribution in [3.05, 3.63) is 83.7 Å². The van der Waals surface area contributed by atoms with Gasteiger partial charge in [-0.1, -0.05) is 36.9 Å². The number of aliphatic imine (C=N–C) groups is 1. The van der Waals surface area contributed by atoms with Gasteiger partial charge in [-0.15, -0.1) is 0 Å². The number of carbonyl (C=O) groups excluding carboxylic acids is 1. The molecule has 1 aromatic heterocycles. The molecule has 1 amide bonds. The Balaban J connectivity index is 1.75. The van der Waals surface area contributed by atoms with Crippen molar-refractivity contribution in [2.24, 2.45) is 10.4 Å². The molecule has 176 valence electrons. The first-order chi connectivity index (χ1) is 16.2. The lowest BCUT2D eigenvalue weighted by molar-refractivity contribution is 0.0646. The number of aromatic nitrogens is 1. The fourth-order valence-corrected chi connectivity index (χ4v) is 4.27. The third kappa shape index (κ3) is 5.67. The van der Waals surface area contributed by atoms with Crippen molar-refractivity contribution in [1.29, 1.82) is 5.26 Å². The Morgan fingerprint density at radius 1 is 1.29 bits per heavy atom. The average molecular weight is 457 g/mol. The molecule has 1 aromatic carbocycles. The van der Waals surface area contributed by atoms with Gasteiger partial charge < -0.3 is 10.0 Å². The van der Waals surface area contributed by atoms with Crippen LogP contribution in [0.3, 0.4) is 0 Å². The van der Waals surface area contributed by atoms with Gasteiger partial charge in [-0.2, -0.15) is 5.26 Å². The molecule has 6 nitrogen and oxygen atoms in total. The number of nitriles is 1. The summed E-state index contributed by atoms with van der Waals surface area (Å²) in [6.07, 6.45) is 8.48. The van der Waals surface area contributed by atoms with E-state index in [1.807, 2.05) is 31.2 Å². The van der Waals surface area contributed by atoms with Crippen LogP contribution in [0.15, 0.2) is 66.3 Å². The minimum atomic E-state index is -0.897. The highest BCUT2D eigenvalue weighted by Crippen LogP contribution is 2.36. The summed E-state index contributed by atoms with van der Waals surface area (Å²) in [4.78, 5) is 24.0. The molecule has 6 heteroatoms. The quantitative estimate of drug-likeness (QED) is 0.473. The number of hydrogen-bond acceptors (Lipinski definition) is 5. The van der Waals surface area contributed by atoms with E-state index in [2.05, 4.69) is 22.6 Å². The van der Waals surface area contributed by atoms with Crippen molar-refractivity contribution in [2.45, 2.75) is 45.6 Å². The maximum atomic E-state index is 13.4. The van der Waals surface area contributed by atoms with Gasteiger partial charge in [-0.25, -0.2) is 0 Å². The zero-order valence-electron chi connectivity index (χ0n) is 20.2. The van der Waals surface area contributed by atoms with E-state index in [0.29, 0.717) is 49.3 Å². The molecule has 34 heavy (non-hydrogen) atoms. The van der Waals surface area contributed by atoms with Crippen molar-refractivity contribution in [1.82, 2.24) is 9.88 Å². The van der Waals surface area contributed by atoms with Gasteiger partial charge in [0.25, 0.3) is 5.91 Å². The lowest BCUT2D eigenvalue weighted by Crippen LogP contribution is -2.43. The molecule has 0 saturated carbocycles. The summed E-state index contributed by atoms with van der Waals surface area (Å²) in [7, 11) is 0. The van der Waals surface area contributed by atoms with Crippen LogP contribution in [0.2, 0.25) is 0 Å². The van der Waals surface area contributed by atoms with Crippen LogP contribution in [0.1, 0.15) is 60.8 Å². The van der Waals surface area contributed by atoms with Crippen molar-refractivity contribution < 1.29 is 9.90 Å². The molecule has 1 aliphatic rings. The van der Waals surface area contributed by atoms with Crippen LogP contribution >= 0.6 is 0 Å². The highest BCUT2D eigenvalue weighted by atomic mass is 16.3. The van der Waals surface area contributed by atoms with Gasteiger partial charge in [0, 0.05) is 25.5 Å². The number of allylic oxidation sites excluding steroid dienone is 2. The van der Waals surface area contributed by atoms with E-state index in [-0.39, 0.29) is 5.91 Å². The second-order valence-electron chi connectivity index (χ2n) is 9.19. The molecule has 0 bridgehead atoms. The van der Waals surface area contributed by atoms with Gasteiger partial charge in [0.2, 0.25) is 0 Å². The van der Waals surface area contributed by atoms with Crippen LogP contribution < -0.4 is 0 Å². The molecule has 1 N–H and O–H groups in total. The lowest BCUT2D eigenvalue weighted by Gasteiger charge is -2.37. The molecule has 0 radical (unpaired) electrons. The van der Waals surface area contributed by atoms with Gasteiger partial charge in [-0.3, -0.25) is 14.8 Å². The van der Waals surface area contributed by atoms with Gasteiger partial charge in [0.15, 0.2) is 0 Å². The highest BCUT2D eigenvalue weighted by Gasteiger charge is 2.37. The van der Waals surface area contributed by atoms with Crippen LogP contribution in [0.5, 0.6) is 0 Å². The fraction of sp³-hybridized carbons (Fsp3) is 0.357. The number of hydrogen-bond donors (Lipinski definition) is 1. The first-order valence-electron chi connectivity index (χ1n) is 11.5. The monoisotopic (exact) mass is 456 g/mol. The predicted molar refractivity (Wildman–Crippen MR) is 135 cm³/mol. The van der Waals surface area contributed by atoms with Gasteiger partial charge >= 0.3 is 0 Å². The number of nitrogens with zero attached hydrogens (tertiary/aromatic N) is 4. The van der Waals surface area contributed by atoms with Gasteiger partial charge in [0.05, 0.1) is 28.3 Å². The predicted octanol–water partition coefficient (Wildman–Crippen LogP) is 4.92. The van der Waals surface area contributed by atoms with Crippen LogP contribution in [-0.2, 0) is 12.0 Å². The molecule has 1 aliphatic heterocycles. The van der Waals surface area contributed by atoms with Crippen LogP contribution in [-0.4, -0.2) is 40.2 Å². The number of carbonyl (C=O) groups is 1. The molecule has 1 saturated heterocycles. The SMILES string of the molecule is C=C/C=C(\N=CC)c1ncccc1C(=O)N1CCC(C#N)(Cc2ccc(C(C)(C)O)cc2)CC1. The molecule has 0 atom stereocenters. The molecule has 2 heterocycles. The van der Waals surface area contributed by atoms with Crippen LogP contribution in [0, 0.1) is 16.7 Å². The largest absolute Gasteiger partial charge is 0.386 e. The first-order valence-corrected chi connectivity index (χ1v) is 11.5. The third-order valence-corrected chi connectivity index (χ3v) is 6.27. The number of aliphatic hydroxyl groups is 1. The van der Waals surface area contributed by atoms with E-state index < -0.39 is 11.0 Å². The Hall–Kier alpha value is -3.56. The van der Waals surface area contributed by atoms with Crippen molar-refractivity contribution in [2.75, 3.05) is 13.1 Å². The van der Waals surface area contributed by atoms with Crippen molar-refractivity contribution in [3.63, 3.8) is 0 Å². The third-order valence-electron chi connectivity index (χ3n) is 6.27. The lowest BCUT2D eigenvalue weighted by atomic mass is 9.75. The molecular formula is C28H32N4O2. The summed E-state index contributed by atoms with van der Waals surface area (Å²) < 4.78 is 0. The molecule has 0 unspecified atom stereocenters. The molecule has 2 aromatic rings. The average Bonchev–Trinajstić information content (AvgIpc) is 2.84. The van der Waals surface area contributed by atoms with Gasteiger partial charge in [0.1, 0.15) is 5.69 Å². The number of amides is 1. The fourth-order valence-electron chi connectivity index (χ4n) is 4.27. The Bertz CT molecular complexity index is 1130. The second kappa shape index (κ2) is 10.6. The summed E-state index contributed by atoms with van der Waals surface area (Å²) >= 11 is 0. The number of benzene rings is 1. The van der Waals surface area contributed by atoms with E-state index in [1.54, 1.807) is 55.4 Å². The Labute approximate surface area is 202 Å². The molecular weight excluding hydrogens is 424 g/mol. The van der Waals surface area contributed by atoms with Gasteiger partial charge in [-0.05, 0) is 69.4 Å². The molecule has 0 spiro atoms. The maximum absolute atomic E-state index is 13.4. The molecule has 0 aliphatic carbocycles. The number of pyridine rings is 1. The summed E-state index contributed by atoms with van der Waals surface area (Å²) in [5.74, 6) is -0.106. The van der Waals surface area contributed by atoms with E-state index in [1.165, 1.54) is 0 Å². The Morgan fingerprint density at radius 2 is 1.97 bits per heavy atom. The maximum Gasteiger partial charge on any atom is 0.256 e.